The summed E-state index contributed by atoms with van der Waals surface area (Å²) in [4.78, 5) is 8.03. The first-order chi connectivity index (χ1) is 8.15. The van der Waals surface area contributed by atoms with Crippen molar-refractivity contribution in [3.05, 3.63) is 36.7 Å². The molecule has 0 saturated carbocycles. The van der Waals surface area contributed by atoms with Crippen molar-refractivity contribution in [1.29, 1.82) is 0 Å². The second-order valence-corrected chi connectivity index (χ2v) is 3.24. The molecule has 0 amide bonds. The Bertz CT molecular complexity index is 485. The van der Waals surface area contributed by atoms with Crippen LogP contribution in [-0.4, -0.2) is 16.6 Å². The van der Waals surface area contributed by atoms with Crippen molar-refractivity contribution in [2.24, 2.45) is 0 Å². The molecule has 4 nitrogen and oxygen atoms in total. The molecule has 17 heavy (non-hydrogen) atoms. The molecule has 88 valence electrons. The molecule has 0 fully saturated rings. The molecule has 0 aliphatic carbocycles. The molecule has 0 bridgehead atoms. The standard InChI is InChI=1S/C11H9F2N3O/c12-11(13)17-9-3-1-7(2-4-9)10-15-5-8(14)6-16-10/h1-6,11H,14H2. The number of nitrogen functional groups attached to an aromatic ring is 1. The van der Waals surface area contributed by atoms with Gasteiger partial charge in [-0.15, -0.1) is 0 Å². The predicted molar refractivity (Wildman–Crippen MR) is 58.5 cm³/mol. The number of hydrogen-bond donors (Lipinski definition) is 1. The maximum Gasteiger partial charge on any atom is 0.387 e. The van der Waals surface area contributed by atoms with Crippen molar-refractivity contribution in [2.45, 2.75) is 6.61 Å². The van der Waals surface area contributed by atoms with Crippen molar-refractivity contribution in [3.63, 3.8) is 0 Å². The topological polar surface area (TPSA) is 61.0 Å². The molecule has 0 spiro atoms. The maximum atomic E-state index is 11.9. The highest BCUT2D eigenvalue weighted by atomic mass is 19.3. The molecule has 0 aliphatic rings. The van der Waals surface area contributed by atoms with Gasteiger partial charge in [-0.2, -0.15) is 8.78 Å². The van der Waals surface area contributed by atoms with Crippen LogP contribution in [0.5, 0.6) is 5.75 Å². The van der Waals surface area contributed by atoms with Crippen LogP contribution in [0.1, 0.15) is 0 Å². The van der Waals surface area contributed by atoms with Crippen LogP contribution in [0.15, 0.2) is 36.7 Å². The molecule has 0 radical (unpaired) electrons. The average molecular weight is 237 g/mol. The Kier molecular flexibility index (Phi) is 3.13. The SMILES string of the molecule is Nc1cnc(-c2ccc(OC(F)F)cc2)nc1. The molecule has 0 aliphatic heterocycles. The number of anilines is 1. The van der Waals surface area contributed by atoms with Crippen molar-refractivity contribution in [2.75, 3.05) is 5.73 Å². The Balaban J connectivity index is 2.20. The second kappa shape index (κ2) is 4.73. The van der Waals surface area contributed by atoms with Gasteiger partial charge in [0, 0.05) is 5.56 Å². The van der Waals surface area contributed by atoms with Crippen LogP contribution in [0.4, 0.5) is 14.5 Å². The number of halogens is 2. The third-order valence-electron chi connectivity index (χ3n) is 2.01. The Hall–Kier alpha value is -2.24. The Labute approximate surface area is 96.1 Å². The van der Waals surface area contributed by atoms with Crippen molar-refractivity contribution in [3.8, 4) is 17.1 Å². The van der Waals surface area contributed by atoms with E-state index < -0.39 is 6.61 Å². The summed E-state index contributed by atoms with van der Waals surface area (Å²) in [5.41, 5.74) is 6.62. The van der Waals surface area contributed by atoms with Gasteiger partial charge in [0.15, 0.2) is 5.82 Å². The van der Waals surface area contributed by atoms with Crippen LogP contribution in [-0.2, 0) is 0 Å². The minimum atomic E-state index is -2.83. The molecule has 0 unspecified atom stereocenters. The van der Waals surface area contributed by atoms with Crippen molar-refractivity contribution in [1.82, 2.24) is 9.97 Å². The number of alkyl halides is 2. The van der Waals surface area contributed by atoms with Crippen LogP contribution in [0.25, 0.3) is 11.4 Å². The Morgan fingerprint density at radius 3 is 2.18 bits per heavy atom. The molecule has 2 rings (SSSR count). The molecule has 6 heteroatoms. The van der Waals surface area contributed by atoms with E-state index in [1.165, 1.54) is 24.5 Å². The van der Waals surface area contributed by atoms with Gasteiger partial charge in [-0.05, 0) is 24.3 Å². The van der Waals surface area contributed by atoms with E-state index in [0.29, 0.717) is 17.1 Å². The van der Waals surface area contributed by atoms with Crippen LogP contribution >= 0.6 is 0 Å². The summed E-state index contributed by atoms with van der Waals surface area (Å²) in [5.74, 6) is 0.571. The minimum absolute atomic E-state index is 0.0965. The summed E-state index contributed by atoms with van der Waals surface area (Å²) in [6.07, 6.45) is 2.96. The largest absolute Gasteiger partial charge is 0.435 e. The zero-order valence-corrected chi connectivity index (χ0v) is 8.68. The summed E-state index contributed by atoms with van der Waals surface area (Å²) in [5, 5.41) is 0. The summed E-state index contributed by atoms with van der Waals surface area (Å²) in [6.45, 7) is -2.83. The molecular weight excluding hydrogens is 228 g/mol. The number of rotatable bonds is 3. The third kappa shape index (κ3) is 2.87. The van der Waals surface area contributed by atoms with E-state index in [2.05, 4.69) is 14.7 Å². The average Bonchev–Trinajstić information content (AvgIpc) is 2.30. The first-order valence-electron chi connectivity index (χ1n) is 4.78. The number of aromatic nitrogens is 2. The van der Waals surface area contributed by atoms with Gasteiger partial charge in [-0.3, -0.25) is 0 Å². The molecule has 1 aromatic carbocycles. The van der Waals surface area contributed by atoms with Gasteiger partial charge in [0.1, 0.15) is 5.75 Å². The van der Waals surface area contributed by atoms with Crippen LogP contribution in [0, 0.1) is 0 Å². The first-order valence-corrected chi connectivity index (χ1v) is 4.78. The van der Waals surface area contributed by atoms with E-state index in [1.807, 2.05) is 0 Å². The van der Waals surface area contributed by atoms with E-state index in [-0.39, 0.29) is 5.75 Å². The molecular formula is C11H9F2N3O. The van der Waals surface area contributed by atoms with Crippen molar-refractivity contribution < 1.29 is 13.5 Å². The van der Waals surface area contributed by atoms with E-state index in [4.69, 9.17) is 5.73 Å². The fraction of sp³-hybridized carbons (Fsp3) is 0.0909. The number of nitrogens with zero attached hydrogens (tertiary/aromatic N) is 2. The fourth-order valence-electron chi connectivity index (χ4n) is 1.27. The monoisotopic (exact) mass is 237 g/mol. The van der Waals surface area contributed by atoms with E-state index in [1.54, 1.807) is 12.1 Å². The molecule has 1 aromatic heterocycles. The lowest BCUT2D eigenvalue weighted by Gasteiger charge is -2.05. The third-order valence-corrected chi connectivity index (χ3v) is 2.01. The molecule has 0 saturated heterocycles. The number of benzene rings is 1. The van der Waals surface area contributed by atoms with Gasteiger partial charge >= 0.3 is 6.61 Å². The summed E-state index contributed by atoms with van der Waals surface area (Å²) < 4.78 is 28.1. The number of nitrogens with two attached hydrogens (primary N) is 1. The van der Waals surface area contributed by atoms with Gasteiger partial charge in [0.05, 0.1) is 18.1 Å². The zero-order valence-electron chi connectivity index (χ0n) is 8.68. The zero-order chi connectivity index (χ0) is 12.3. The molecule has 1 heterocycles. The highest BCUT2D eigenvalue weighted by Crippen LogP contribution is 2.20. The van der Waals surface area contributed by atoms with Gasteiger partial charge < -0.3 is 10.5 Å². The van der Waals surface area contributed by atoms with Gasteiger partial charge in [0.25, 0.3) is 0 Å². The van der Waals surface area contributed by atoms with E-state index >= 15 is 0 Å². The highest BCUT2D eigenvalue weighted by Gasteiger charge is 2.05. The smallest absolute Gasteiger partial charge is 0.387 e. The van der Waals surface area contributed by atoms with Crippen LogP contribution in [0.2, 0.25) is 0 Å². The molecule has 2 N–H and O–H groups in total. The van der Waals surface area contributed by atoms with Gasteiger partial charge in [-0.25, -0.2) is 9.97 Å². The van der Waals surface area contributed by atoms with E-state index in [9.17, 15) is 8.78 Å². The lowest BCUT2D eigenvalue weighted by atomic mass is 10.2. The summed E-state index contributed by atoms with van der Waals surface area (Å²) in [7, 11) is 0. The Morgan fingerprint density at radius 1 is 1.06 bits per heavy atom. The molecule has 2 aromatic rings. The lowest BCUT2D eigenvalue weighted by Crippen LogP contribution is -2.01. The fourth-order valence-corrected chi connectivity index (χ4v) is 1.27. The Morgan fingerprint density at radius 2 is 1.65 bits per heavy atom. The molecule has 0 atom stereocenters. The first kappa shape index (κ1) is 11.3. The van der Waals surface area contributed by atoms with Crippen LogP contribution < -0.4 is 10.5 Å². The summed E-state index contributed by atoms with van der Waals surface area (Å²) in [6, 6.07) is 6.06. The predicted octanol–water partition coefficient (Wildman–Crippen LogP) is 2.33. The van der Waals surface area contributed by atoms with Gasteiger partial charge in [0.2, 0.25) is 0 Å². The maximum absolute atomic E-state index is 11.9. The van der Waals surface area contributed by atoms with Gasteiger partial charge in [-0.1, -0.05) is 0 Å². The quantitative estimate of drug-likeness (QED) is 0.889. The van der Waals surface area contributed by atoms with Crippen molar-refractivity contribution >= 4 is 5.69 Å². The lowest BCUT2D eigenvalue weighted by molar-refractivity contribution is -0.0498. The van der Waals surface area contributed by atoms with E-state index in [0.717, 1.165) is 0 Å². The highest BCUT2D eigenvalue weighted by molar-refractivity contribution is 5.56. The number of ether oxygens (including phenoxy) is 1. The number of hydrogen-bond acceptors (Lipinski definition) is 4. The summed E-state index contributed by atoms with van der Waals surface area (Å²) >= 11 is 0. The van der Waals surface area contributed by atoms with Crippen LogP contribution in [0.3, 0.4) is 0 Å². The minimum Gasteiger partial charge on any atom is -0.435 e. The normalized spacial score (nSPS) is 10.5. The second-order valence-electron chi connectivity index (χ2n) is 3.24.